The summed E-state index contributed by atoms with van der Waals surface area (Å²) in [4.78, 5) is 2.59. The van der Waals surface area contributed by atoms with Gasteiger partial charge in [-0.25, -0.2) is 0 Å². The van der Waals surface area contributed by atoms with Crippen LogP contribution < -0.4 is 0 Å². The highest BCUT2D eigenvalue weighted by molar-refractivity contribution is 7.18. The number of aromatic nitrogens is 1. The van der Waals surface area contributed by atoms with E-state index in [4.69, 9.17) is 8.83 Å². The zero-order chi connectivity index (χ0) is 87.1. The Labute approximate surface area is 767 Å². The van der Waals surface area contributed by atoms with Crippen LogP contribution in [0.25, 0.3) is 257 Å². The molecule has 0 saturated carbocycles. The summed E-state index contributed by atoms with van der Waals surface area (Å²) in [5.41, 5.74) is 29.5. The van der Waals surface area contributed by atoms with Crippen LogP contribution in [0.15, 0.2) is 500 Å². The third-order valence-electron chi connectivity index (χ3n) is 26.8. The molecule has 132 heavy (non-hydrogen) atoms. The quantitative estimate of drug-likeness (QED) is 0.121. The third-order valence-corrected chi connectivity index (χ3v) is 27.9. The van der Waals surface area contributed by atoms with Crippen molar-refractivity contribution in [1.82, 2.24) is 4.57 Å². The standard InChI is InChI=1S/C48H30O.C44H27NO.C36H24S/c1-2-13-31(14-3-1)46-40-19-4-6-21-42(40)47(43-22-7-5-20-41(43)46)39-24-11-17-34-30-33(27-28-36(34)39)32-15-10-16-35(29-32)37-23-12-25-44-38-18-8-9-26-45(38)49-48(37)44;1-2-12-28(13-3-1)41-32-15-4-6-17-34(32)42(35-18-7-5-16-33(35)41)29-22-24-30(25-23-29)45-38-20-10-8-19-37(38)43-39(45)27-26-36-31-14-9-11-21-40(31)46-44(36)43;1-3-11-25(12-4-1)33-23-24-34(37-33)26-19-21-28(22-20-26)36-31-17-9-7-15-29(31)35(27-13-5-2-6-14-27)30-16-8-10-18-32(30)36/h1-30H;1-27H;1-24H. The van der Waals surface area contributed by atoms with Crippen molar-refractivity contribution in [2.45, 2.75) is 0 Å². The van der Waals surface area contributed by atoms with E-state index >= 15 is 0 Å². The van der Waals surface area contributed by atoms with Crippen LogP contribution in [0.1, 0.15) is 0 Å². The molecule has 0 N–H and O–H groups in total. The van der Waals surface area contributed by atoms with E-state index in [0.717, 1.165) is 71.6 Å². The Morgan fingerprint density at radius 3 is 0.955 bits per heavy atom. The van der Waals surface area contributed by atoms with Crippen LogP contribution in [0.3, 0.4) is 0 Å². The molecule has 27 rings (SSSR count). The second-order valence-electron chi connectivity index (χ2n) is 34.2. The lowest BCUT2D eigenvalue weighted by atomic mass is 9.84. The van der Waals surface area contributed by atoms with Crippen LogP contribution in [0.2, 0.25) is 0 Å². The molecule has 0 saturated heterocycles. The largest absolute Gasteiger partial charge is 0.455 e. The van der Waals surface area contributed by atoms with Crippen LogP contribution >= 0.6 is 11.3 Å². The Balaban J connectivity index is 0.000000107. The van der Waals surface area contributed by atoms with Gasteiger partial charge in [0.15, 0.2) is 0 Å². The molecule has 4 aromatic heterocycles. The monoisotopic (exact) mass is 1700 g/mol. The smallest absolute Gasteiger partial charge is 0.145 e. The van der Waals surface area contributed by atoms with Crippen molar-refractivity contribution in [2.24, 2.45) is 0 Å². The molecule has 616 valence electrons. The fourth-order valence-corrected chi connectivity index (χ4v) is 21.9. The number of rotatable bonds is 11. The summed E-state index contributed by atoms with van der Waals surface area (Å²) in [5, 5.41) is 24.7. The minimum Gasteiger partial charge on any atom is -0.455 e. The highest BCUT2D eigenvalue weighted by Gasteiger charge is 2.25. The van der Waals surface area contributed by atoms with Gasteiger partial charge in [-0.05, 0) is 237 Å². The molecular formula is C128H81NO2S. The summed E-state index contributed by atoms with van der Waals surface area (Å²) in [5.74, 6) is 0. The summed E-state index contributed by atoms with van der Waals surface area (Å²) >= 11 is 1.85. The van der Waals surface area contributed by atoms with Crippen molar-refractivity contribution in [3.05, 3.63) is 491 Å². The Kier molecular flexibility index (Phi) is 19.1. The first-order valence-corrected chi connectivity index (χ1v) is 46.1. The van der Waals surface area contributed by atoms with Gasteiger partial charge >= 0.3 is 0 Å². The summed E-state index contributed by atoms with van der Waals surface area (Å²) in [7, 11) is 0. The van der Waals surface area contributed by atoms with Gasteiger partial charge in [0.05, 0.1) is 16.4 Å². The highest BCUT2D eigenvalue weighted by Crippen LogP contribution is 2.51. The maximum Gasteiger partial charge on any atom is 0.145 e. The van der Waals surface area contributed by atoms with Gasteiger partial charge in [0.25, 0.3) is 0 Å². The van der Waals surface area contributed by atoms with Gasteiger partial charge in [0.2, 0.25) is 0 Å². The second kappa shape index (κ2) is 32.7. The van der Waals surface area contributed by atoms with Crippen molar-refractivity contribution >= 4 is 152 Å². The number of para-hydroxylation sites is 4. The lowest BCUT2D eigenvalue weighted by Crippen LogP contribution is -1.94. The molecule has 0 spiro atoms. The number of nitrogens with zero attached hydrogens (tertiary/aromatic N) is 1. The van der Waals surface area contributed by atoms with Crippen LogP contribution in [0.5, 0.6) is 0 Å². The van der Waals surface area contributed by atoms with E-state index < -0.39 is 0 Å². The third kappa shape index (κ3) is 13.3. The summed E-state index contributed by atoms with van der Waals surface area (Å²) in [6, 6.07) is 177. The molecular weight excluding hydrogens is 1620 g/mol. The normalized spacial score (nSPS) is 11.6. The Morgan fingerprint density at radius 2 is 0.477 bits per heavy atom. The van der Waals surface area contributed by atoms with E-state index in [-0.39, 0.29) is 0 Å². The maximum absolute atomic E-state index is 6.51. The van der Waals surface area contributed by atoms with Gasteiger partial charge in [-0.1, -0.05) is 425 Å². The van der Waals surface area contributed by atoms with E-state index in [1.54, 1.807) is 0 Å². The molecule has 0 unspecified atom stereocenters. The predicted molar refractivity (Wildman–Crippen MR) is 563 cm³/mol. The molecule has 23 aromatic carbocycles. The molecule has 0 bridgehead atoms. The molecule has 0 radical (unpaired) electrons. The SMILES string of the molecule is c1ccc(-c2c3ccccc3c(-c3ccc(-n4c5ccccc5c5c6oc7ccccc7c6ccc54)cc3)c3ccccc23)cc1.c1ccc(-c2c3ccccc3c(-c3cccc4cc(-c5cccc(-c6cccc7c6oc6ccccc67)c5)ccc34)c3ccccc23)cc1.c1ccc(-c2ccc(-c3ccc(-c4c5ccccc5c(-c5ccccc5)c5ccccc45)cc3)s2)cc1. The zero-order valence-electron chi connectivity index (χ0n) is 71.9. The summed E-state index contributed by atoms with van der Waals surface area (Å²) < 4.78 is 15.3. The van der Waals surface area contributed by atoms with Crippen molar-refractivity contribution < 1.29 is 8.83 Å². The van der Waals surface area contributed by atoms with Crippen molar-refractivity contribution in [2.75, 3.05) is 0 Å². The van der Waals surface area contributed by atoms with Crippen LogP contribution in [0, 0.1) is 0 Å². The number of thiophene rings is 1. The van der Waals surface area contributed by atoms with Crippen LogP contribution in [-0.4, -0.2) is 4.57 Å². The van der Waals surface area contributed by atoms with Gasteiger partial charge in [-0.15, -0.1) is 11.3 Å². The van der Waals surface area contributed by atoms with Crippen molar-refractivity contribution in [3.63, 3.8) is 0 Å². The van der Waals surface area contributed by atoms with Gasteiger partial charge in [0, 0.05) is 47.9 Å². The average molecular weight is 1700 g/mol. The summed E-state index contributed by atoms with van der Waals surface area (Å²) in [6.45, 7) is 0. The van der Waals surface area contributed by atoms with Gasteiger partial charge in [0.1, 0.15) is 22.3 Å². The second-order valence-corrected chi connectivity index (χ2v) is 35.2. The lowest BCUT2D eigenvalue weighted by Gasteiger charge is -2.19. The number of fused-ring (bicyclic) bond motifs is 17. The molecule has 0 amide bonds. The van der Waals surface area contributed by atoms with Crippen LogP contribution in [-0.2, 0) is 0 Å². The number of hydrogen-bond acceptors (Lipinski definition) is 3. The summed E-state index contributed by atoms with van der Waals surface area (Å²) in [6.07, 6.45) is 0. The molecule has 0 aliphatic rings. The molecule has 3 nitrogen and oxygen atoms in total. The first-order chi connectivity index (χ1) is 65.5. The van der Waals surface area contributed by atoms with E-state index in [0.29, 0.717) is 0 Å². The number of benzene rings is 23. The van der Waals surface area contributed by atoms with Crippen LogP contribution in [0.4, 0.5) is 0 Å². The van der Waals surface area contributed by atoms with Crippen molar-refractivity contribution in [3.8, 4) is 116 Å². The topological polar surface area (TPSA) is 31.2 Å². The van der Waals surface area contributed by atoms with Gasteiger partial charge < -0.3 is 13.4 Å². The first kappa shape index (κ1) is 77.3. The maximum atomic E-state index is 6.51. The molecule has 4 heterocycles. The Bertz CT molecular complexity index is 9010. The van der Waals surface area contributed by atoms with E-state index in [9.17, 15) is 0 Å². The van der Waals surface area contributed by atoms with Crippen molar-refractivity contribution in [1.29, 1.82) is 0 Å². The van der Waals surface area contributed by atoms with E-state index in [1.807, 2.05) is 29.5 Å². The molecule has 27 aromatic rings. The minimum atomic E-state index is 0.918. The first-order valence-electron chi connectivity index (χ1n) is 45.2. The van der Waals surface area contributed by atoms with E-state index in [1.165, 1.54) is 185 Å². The Morgan fingerprint density at radius 1 is 0.167 bits per heavy atom. The molecule has 4 heteroatoms. The molecule has 0 aliphatic heterocycles. The fourth-order valence-electron chi connectivity index (χ4n) is 20.9. The van der Waals surface area contributed by atoms with Gasteiger partial charge in [-0.2, -0.15) is 0 Å². The number of furan rings is 2. The fraction of sp³-hybridized carbons (Fsp3) is 0. The van der Waals surface area contributed by atoms with Gasteiger partial charge in [-0.3, -0.25) is 0 Å². The van der Waals surface area contributed by atoms with E-state index in [2.05, 4.69) is 478 Å². The lowest BCUT2D eigenvalue weighted by molar-refractivity contribution is 0.670. The molecule has 0 aliphatic carbocycles. The molecule has 0 atom stereocenters. The zero-order valence-corrected chi connectivity index (χ0v) is 72.8. The Hall–Kier alpha value is -17.0. The average Bonchev–Trinajstić information content (AvgIpc) is 1.28. The molecule has 0 fully saturated rings. The highest BCUT2D eigenvalue weighted by atomic mass is 32.1. The minimum absolute atomic E-state index is 0.918. The predicted octanol–water partition coefficient (Wildman–Crippen LogP) is 36.8. The number of hydrogen-bond donors (Lipinski definition) is 0.